The molecule has 0 saturated carbocycles. The predicted molar refractivity (Wildman–Crippen MR) is 93.5 cm³/mol. The summed E-state index contributed by atoms with van der Waals surface area (Å²) < 4.78 is 5.20. The van der Waals surface area contributed by atoms with Gasteiger partial charge in [-0.15, -0.1) is 0 Å². The number of nitrogens with one attached hydrogen (secondary N) is 3. The SMILES string of the molecule is COc1ccc2nc(CCNC(=O)N3CC[C@@H](NC(C)=O)C3)[nH]c2c1. The van der Waals surface area contributed by atoms with Gasteiger partial charge in [-0.1, -0.05) is 0 Å². The topological polar surface area (TPSA) is 99.3 Å². The van der Waals surface area contributed by atoms with Crippen LogP contribution in [-0.4, -0.2) is 59.6 Å². The smallest absolute Gasteiger partial charge is 0.317 e. The molecule has 0 radical (unpaired) electrons. The molecule has 1 aliphatic rings. The first-order chi connectivity index (χ1) is 12.0. The summed E-state index contributed by atoms with van der Waals surface area (Å²) in [4.78, 5) is 32.7. The number of likely N-dealkylation sites (tertiary alicyclic amines) is 1. The minimum Gasteiger partial charge on any atom is -0.497 e. The lowest BCUT2D eigenvalue weighted by atomic mass is 10.3. The molecular weight excluding hydrogens is 322 g/mol. The van der Waals surface area contributed by atoms with Crippen LogP contribution in [-0.2, 0) is 11.2 Å². The van der Waals surface area contributed by atoms with Gasteiger partial charge in [0, 0.05) is 45.1 Å². The number of carbonyl (C=O) groups is 2. The van der Waals surface area contributed by atoms with Gasteiger partial charge in [-0.25, -0.2) is 9.78 Å². The van der Waals surface area contributed by atoms with Gasteiger partial charge in [0.2, 0.25) is 5.91 Å². The van der Waals surface area contributed by atoms with Crippen LogP contribution in [0.5, 0.6) is 5.75 Å². The number of rotatable bonds is 5. The first kappa shape index (κ1) is 17.1. The van der Waals surface area contributed by atoms with Crippen molar-refractivity contribution in [3.8, 4) is 5.75 Å². The molecule has 0 aliphatic carbocycles. The Kier molecular flexibility index (Phi) is 5.06. The normalized spacial score (nSPS) is 16.9. The number of imidazole rings is 1. The number of hydrogen-bond acceptors (Lipinski definition) is 4. The number of hydrogen-bond donors (Lipinski definition) is 3. The zero-order chi connectivity index (χ0) is 17.8. The Balaban J connectivity index is 1.48. The molecule has 2 aromatic rings. The number of H-pyrrole nitrogens is 1. The maximum absolute atomic E-state index is 12.2. The molecule has 1 fully saturated rings. The van der Waals surface area contributed by atoms with Gasteiger partial charge in [-0.2, -0.15) is 0 Å². The van der Waals surface area contributed by atoms with Crippen molar-refractivity contribution in [2.45, 2.75) is 25.8 Å². The molecule has 1 aromatic carbocycles. The minimum atomic E-state index is -0.106. The monoisotopic (exact) mass is 345 g/mol. The predicted octanol–water partition coefficient (Wildman–Crippen LogP) is 1.03. The summed E-state index contributed by atoms with van der Waals surface area (Å²) in [6, 6.07) is 5.61. The number of nitrogens with zero attached hydrogens (tertiary/aromatic N) is 2. The number of methoxy groups -OCH3 is 1. The largest absolute Gasteiger partial charge is 0.497 e. The van der Waals surface area contributed by atoms with Crippen molar-refractivity contribution in [2.75, 3.05) is 26.7 Å². The number of aromatic nitrogens is 2. The van der Waals surface area contributed by atoms with Gasteiger partial charge >= 0.3 is 6.03 Å². The molecule has 3 amide bonds. The molecule has 3 rings (SSSR count). The van der Waals surface area contributed by atoms with Crippen LogP contribution in [0.1, 0.15) is 19.2 Å². The van der Waals surface area contributed by atoms with Crippen LogP contribution in [0.3, 0.4) is 0 Å². The van der Waals surface area contributed by atoms with Crippen molar-refractivity contribution in [2.24, 2.45) is 0 Å². The Hall–Kier alpha value is -2.77. The molecule has 2 heterocycles. The zero-order valence-corrected chi connectivity index (χ0v) is 14.5. The summed E-state index contributed by atoms with van der Waals surface area (Å²) in [5.41, 5.74) is 1.79. The standard InChI is InChI=1S/C17H23N5O3/c1-11(23)19-12-6-8-22(10-12)17(24)18-7-5-16-20-14-4-3-13(25-2)9-15(14)21-16/h3-4,9,12H,5-8,10H2,1-2H3,(H,18,24)(H,19,23)(H,20,21)/t12-/m1/s1. The van der Waals surface area contributed by atoms with Gasteiger partial charge in [0.15, 0.2) is 0 Å². The summed E-state index contributed by atoms with van der Waals surface area (Å²) in [6.07, 6.45) is 1.41. The summed E-state index contributed by atoms with van der Waals surface area (Å²) in [7, 11) is 1.63. The van der Waals surface area contributed by atoms with E-state index in [1.54, 1.807) is 12.0 Å². The lowest BCUT2D eigenvalue weighted by Crippen LogP contribution is -2.42. The zero-order valence-electron chi connectivity index (χ0n) is 14.5. The highest BCUT2D eigenvalue weighted by atomic mass is 16.5. The van der Waals surface area contributed by atoms with Crippen LogP contribution < -0.4 is 15.4 Å². The van der Waals surface area contributed by atoms with Crippen molar-refractivity contribution in [3.05, 3.63) is 24.0 Å². The van der Waals surface area contributed by atoms with Crippen LogP contribution in [0.4, 0.5) is 4.79 Å². The Morgan fingerprint density at radius 2 is 2.28 bits per heavy atom. The van der Waals surface area contributed by atoms with E-state index in [0.29, 0.717) is 26.1 Å². The van der Waals surface area contributed by atoms with Gasteiger partial charge in [0.05, 0.1) is 18.1 Å². The van der Waals surface area contributed by atoms with E-state index in [4.69, 9.17) is 4.74 Å². The number of carbonyl (C=O) groups excluding carboxylic acids is 2. The number of aromatic amines is 1. The highest BCUT2D eigenvalue weighted by molar-refractivity contribution is 5.77. The molecule has 0 unspecified atom stereocenters. The van der Waals surface area contributed by atoms with Crippen LogP contribution in [0.15, 0.2) is 18.2 Å². The average molecular weight is 345 g/mol. The second-order valence-electron chi connectivity index (χ2n) is 6.18. The first-order valence-electron chi connectivity index (χ1n) is 8.37. The third kappa shape index (κ3) is 4.20. The molecular formula is C17H23N5O3. The molecule has 1 aliphatic heterocycles. The fraction of sp³-hybridized carbons (Fsp3) is 0.471. The molecule has 134 valence electrons. The fourth-order valence-corrected chi connectivity index (χ4v) is 3.04. The minimum absolute atomic E-state index is 0.0496. The molecule has 3 N–H and O–H groups in total. The van der Waals surface area contributed by atoms with E-state index in [0.717, 1.165) is 29.0 Å². The summed E-state index contributed by atoms with van der Waals surface area (Å²) in [6.45, 7) is 3.19. The van der Waals surface area contributed by atoms with Crippen molar-refractivity contribution in [1.29, 1.82) is 0 Å². The Morgan fingerprint density at radius 3 is 3.04 bits per heavy atom. The Bertz CT molecular complexity index is 773. The van der Waals surface area contributed by atoms with Gasteiger partial charge in [-0.05, 0) is 18.6 Å². The molecule has 0 spiro atoms. The quantitative estimate of drug-likeness (QED) is 0.754. The van der Waals surface area contributed by atoms with E-state index < -0.39 is 0 Å². The lowest BCUT2D eigenvalue weighted by molar-refractivity contribution is -0.119. The highest BCUT2D eigenvalue weighted by Crippen LogP contribution is 2.18. The van der Waals surface area contributed by atoms with E-state index in [1.807, 2.05) is 18.2 Å². The van der Waals surface area contributed by atoms with E-state index >= 15 is 0 Å². The average Bonchev–Trinajstić information content (AvgIpc) is 3.19. The fourth-order valence-electron chi connectivity index (χ4n) is 3.04. The number of benzene rings is 1. The van der Waals surface area contributed by atoms with E-state index in [2.05, 4.69) is 20.6 Å². The molecule has 1 atom stereocenters. The van der Waals surface area contributed by atoms with Crippen LogP contribution in [0, 0.1) is 0 Å². The summed E-state index contributed by atoms with van der Waals surface area (Å²) >= 11 is 0. The first-order valence-corrected chi connectivity index (χ1v) is 8.37. The van der Waals surface area contributed by atoms with Crippen LogP contribution in [0.25, 0.3) is 11.0 Å². The Morgan fingerprint density at radius 1 is 1.44 bits per heavy atom. The van der Waals surface area contributed by atoms with Crippen LogP contribution in [0.2, 0.25) is 0 Å². The van der Waals surface area contributed by atoms with Crippen molar-refractivity contribution in [3.63, 3.8) is 0 Å². The second-order valence-corrected chi connectivity index (χ2v) is 6.18. The van der Waals surface area contributed by atoms with Gasteiger partial charge in [0.1, 0.15) is 11.6 Å². The number of fused-ring (bicyclic) bond motifs is 1. The van der Waals surface area contributed by atoms with E-state index in [1.165, 1.54) is 6.92 Å². The number of amides is 3. The van der Waals surface area contributed by atoms with Gasteiger partial charge < -0.3 is 25.3 Å². The molecule has 1 aromatic heterocycles. The van der Waals surface area contributed by atoms with Crippen molar-refractivity contribution >= 4 is 23.0 Å². The summed E-state index contributed by atoms with van der Waals surface area (Å²) in [5.74, 6) is 1.54. The third-order valence-corrected chi connectivity index (χ3v) is 4.26. The van der Waals surface area contributed by atoms with Gasteiger partial charge in [0.25, 0.3) is 0 Å². The molecule has 25 heavy (non-hydrogen) atoms. The lowest BCUT2D eigenvalue weighted by Gasteiger charge is -2.17. The van der Waals surface area contributed by atoms with Crippen molar-refractivity contribution in [1.82, 2.24) is 25.5 Å². The Labute approximate surface area is 145 Å². The van der Waals surface area contributed by atoms with Gasteiger partial charge in [-0.3, -0.25) is 4.79 Å². The maximum atomic E-state index is 12.2. The number of urea groups is 1. The summed E-state index contributed by atoms with van der Waals surface area (Å²) in [5, 5.41) is 5.75. The van der Waals surface area contributed by atoms with Crippen LogP contribution >= 0.6 is 0 Å². The molecule has 1 saturated heterocycles. The maximum Gasteiger partial charge on any atom is 0.317 e. The molecule has 8 heteroatoms. The molecule has 8 nitrogen and oxygen atoms in total. The third-order valence-electron chi connectivity index (χ3n) is 4.26. The van der Waals surface area contributed by atoms with E-state index in [9.17, 15) is 9.59 Å². The van der Waals surface area contributed by atoms with Crippen molar-refractivity contribution < 1.29 is 14.3 Å². The molecule has 0 bridgehead atoms. The highest BCUT2D eigenvalue weighted by Gasteiger charge is 2.26. The number of ether oxygens (including phenoxy) is 1. The second kappa shape index (κ2) is 7.42. The van der Waals surface area contributed by atoms with E-state index in [-0.39, 0.29) is 18.0 Å².